The van der Waals surface area contributed by atoms with Crippen LogP contribution in [0.25, 0.3) is 0 Å². The number of aryl methyl sites for hydroxylation is 1. The van der Waals surface area contributed by atoms with Crippen LogP contribution in [0.4, 0.5) is 13.2 Å². The SMILES string of the molecule is Cc1nn(CC(F)(F)F)c(C)c1CC(=O)N1CCC[C@@H](C(=O)O)[C@H]1C. The average Bonchev–Trinajstić information content (AvgIpc) is 2.72. The molecule has 0 aromatic carbocycles. The Morgan fingerprint density at radius 1 is 1.32 bits per heavy atom. The molecular weight excluding hydrogens is 339 g/mol. The Hall–Kier alpha value is -2.06. The van der Waals surface area contributed by atoms with E-state index in [1.54, 1.807) is 13.8 Å². The summed E-state index contributed by atoms with van der Waals surface area (Å²) in [6.45, 7) is 4.03. The summed E-state index contributed by atoms with van der Waals surface area (Å²) < 4.78 is 38.6. The van der Waals surface area contributed by atoms with Gasteiger partial charge in [0.25, 0.3) is 0 Å². The predicted molar refractivity (Wildman–Crippen MR) is 83.0 cm³/mol. The van der Waals surface area contributed by atoms with Crippen molar-refractivity contribution in [1.82, 2.24) is 14.7 Å². The fourth-order valence-electron chi connectivity index (χ4n) is 3.39. The van der Waals surface area contributed by atoms with Crippen molar-refractivity contribution in [3.8, 4) is 0 Å². The quantitative estimate of drug-likeness (QED) is 0.893. The minimum atomic E-state index is -4.39. The zero-order chi connectivity index (χ0) is 18.9. The molecule has 1 saturated heterocycles. The molecule has 1 aromatic heterocycles. The maximum Gasteiger partial charge on any atom is 0.408 e. The smallest absolute Gasteiger partial charge is 0.408 e. The van der Waals surface area contributed by atoms with Gasteiger partial charge in [0.05, 0.1) is 18.0 Å². The van der Waals surface area contributed by atoms with Gasteiger partial charge in [0.15, 0.2) is 0 Å². The van der Waals surface area contributed by atoms with E-state index in [2.05, 4.69) is 5.10 Å². The van der Waals surface area contributed by atoms with Crippen LogP contribution in [-0.2, 0) is 22.6 Å². The van der Waals surface area contributed by atoms with Gasteiger partial charge in [-0.1, -0.05) is 0 Å². The highest BCUT2D eigenvalue weighted by atomic mass is 19.4. The van der Waals surface area contributed by atoms with Gasteiger partial charge in [-0.05, 0) is 33.6 Å². The van der Waals surface area contributed by atoms with Crippen LogP contribution in [0.2, 0.25) is 0 Å². The monoisotopic (exact) mass is 361 g/mol. The highest BCUT2D eigenvalue weighted by Crippen LogP contribution is 2.26. The van der Waals surface area contributed by atoms with Gasteiger partial charge < -0.3 is 10.0 Å². The Kier molecular flexibility index (Phi) is 5.43. The summed E-state index contributed by atoms with van der Waals surface area (Å²) in [7, 11) is 0. The van der Waals surface area contributed by atoms with Crippen molar-refractivity contribution < 1.29 is 27.9 Å². The van der Waals surface area contributed by atoms with Gasteiger partial charge in [-0.25, -0.2) is 0 Å². The largest absolute Gasteiger partial charge is 0.481 e. The van der Waals surface area contributed by atoms with Crippen LogP contribution >= 0.6 is 0 Å². The number of aromatic nitrogens is 2. The maximum absolute atomic E-state index is 12.6. The number of carboxylic acids is 1. The number of alkyl halides is 3. The predicted octanol–water partition coefficient (Wildman–Crippen LogP) is 2.32. The molecule has 25 heavy (non-hydrogen) atoms. The lowest BCUT2D eigenvalue weighted by Crippen LogP contribution is -2.49. The number of nitrogens with zero attached hydrogens (tertiary/aromatic N) is 3. The van der Waals surface area contributed by atoms with E-state index in [0.717, 1.165) is 4.68 Å². The lowest BCUT2D eigenvalue weighted by Gasteiger charge is -2.37. The van der Waals surface area contributed by atoms with E-state index in [1.165, 1.54) is 11.8 Å². The molecule has 0 bridgehead atoms. The summed E-state index contributed by atoms with van der Waals surface area (Å²) in [5.74, 6) is -1.83. The second-order valence-corrected chi connectivity index (χ2v) is 6.51. The van der Waals surface area contributed by atoms with Crippen LogP contribution in [0.1, 0.15) is 36.7 Å². The molecule has 1 aliphatic heterocycles. The second-order valence-electron chi connectivity index (χ2n) is 6.51. The van der Waals surface area contributed by atoms with Gasteiger partial charge in [-0.3, -0.25) is 14.3 Å². The molecule has 6 nitrogen and oxygen atoms in total. The minimum absolute atomic E-state index is 0.0772. The molecule has 2 rings (SSSR count). The van der Waals surface area contributed by atoms with E-state index in [0.29, 0.717) is 36.3 Å². The molecule has 2 heterocycles. The molecular formula is C16H22F3N3O3. The molecule has 1 amide bonds. The molecule has 0 spiro atoms. The number of piperidine rings is 1. The zero-order valence-electron chi connectivity index (χ0n) is 14.4. The molecule has 1 fully saturated rings. The van der Waals surface area contributed by atoms with Crippen molar-refractivity contribution in [2.24, 2.45) is 5.92 Å². The number of carbonyl (C=O) groups excluding carboxylic acids is 1. The fourth-order valence-corrected chi connectivity index (χ4v) is 3.39. The Labute approximate surface area is 143 Å². The van der Waals surface area contributed by atoms with Gasteiger partial charge >= 0.3 is 12.1 Å². The first-order chi connectivity index (χ1) is 11.5. The number of aliphatic carboxylic acids is 1. The first-order valence-electron chi connectivity index (χ1n) is 8.13. The van der Waals surface area contributed by atoms with E-state index in [4.69, 9.17) is 0 Å². The Bertz CT molecular complexity index is 670. The van der Waals surface area contributed by atoms with Gasteiger partial charge in [0.1, 0.15) is 6.54 Å². The van der Waals surface area contributed by atoms with Crippen LogP contribution in [-0.4, -0.2) is 50.4 Å². The van der Waals surface area contributed by atoms with E-state index in [-0.39, 0.29) is 12.3 Å². The van der Waals surface area contributed by atoms with E-state index in [1.807, 2.05) is 0 Å². The van der Waals surface area contributed by atoms with Gasteiger partial charge in [-0.15, -0.1) is 0 Å². The number of halogens is 3. The van der Waals surface area contributed by atoms with Crippen molar-refractivity contribution >= 4 is 11.9 Å². The summed E-state index contributed by atoms with van der Waals surface area (Å²) in [5, 5.41) is 13.1. The Morgan fingerprint density at radius 2 is 1.96 bits per heavy atom. The molecule has 0 aliphatic carbocycles. The van der Waals surface area contributed by atoms with E-state index >= 15 is 0 Å². The second kappa shape index (κ2) is 7.05. The van der Waals surface area contributed by atoms with Crippen LogP contribution in [0.3, 0.4) is 0 Å². The number of hydrogen-bond donors (Lipinski definition) is 1. The highest BCUT2D eigenvalue weighted by molar-refractivity contribution is 5.81. The normalized spacial score (nSPS) is 21.4. The lowest BCUT2D eigenvalue weighted by atomic mass is 9.90. The first-order valence-corrected chi connectivity index (χ1v) is 8.13. The summed E-state index contributed by atoms with van der Waals surface area (Å²) in [6.07, 6.45) is -3.35. The van der Waals surface area contributed by atoms with Crippen molar-refractivity contribution in [3.63, 3.8) is 0 Å². The number of amides is 1. The number of hydrogen-bond acceptors (Lipinski definition) is 3. The third-order valence-electron chi connectivity index (χ3n) is 4.81. The summed E-state index contributed by atoms with van der Waals surface area (Å²) in [5.41, 5.74) is 1.16. The van der Waals surface area contributed by atoms with E-state index < -0.39 is 30.7 Å². The Balaban J connectivity index is 2.16. The fraction of sp³-hybridized carbons (Fsp3) is 0.688. The van der Waals surface area contributed by atoms with Gasteiger partial charge in [0.2, 0.25) is 5.91 Å². The molecule has 140 valence electrons. The average molecular weight is 361 g/mol. The topological polar surface area (TPSA) is 75.4 Å². The molecule has 0 unspecified atom stereocenters. The first kappa shape index (κ1) is 19.3. The third-order valence-corrected chi connectivity index (χ3v) is 4.81. The lowest BCUT2D eigenvalue weighted by molar-refractivity contribution is -0.149. The minimum Gasteiger partial charge on any atom is -0.481 e. The van der Waals surface area contributed by atoms with E-state index in [9.17, 15) is 27.9 Å². The summed E-state index contributed by atoms with van der Waals surface area (Å²) in [6, 6.07) is -0.440. The van der Waals surface area contributed by atoms with Crippen molar-refractivity contribution in [2.45, 2.75) is 58.8 Å². The number of rotatable bonds is 4. The molecule has 2 atom stereocenters. The highest BCUT2D eigenvalue weighted by Gasteiger charge is 2.36. The molecule has 0 saturated carbocycles. The number of carbonyl (C=O) groups is 2. The zero-order valence-corrected chi connectivity index (χ0v) is 14.4. The van der Waals surface area contributed by atoms with Gasteiger partial charge in [-0.2, -0.15) is 18.3 Å². The number of likely N-dealkylation sites (tertiary alicyclic amines) is 1. The summed E-state index contributed by atoms with van der Waals surface area (Å²) in [4.78, 5) is 25.4. The standard InChI is InChI=1S/C16H22F3N3O3/c1-9-13(11(3)22(20-9)8-16(17,18)19)7-14(23)21-6-4-5-12(10(21)2)15(24)25/h10,12H,4-8H2,1-3H3,(H,24,25)/t10-,12-/m1/s1. The molecule has 1 aliphatic rings. The third kappa shape index (κ3) is 4.32. The van der Waals surface area contributed by atoms with Crippen molar-refractivity contribution in [1.29, 1.82) is 0 Å². The van der Waals surface area contributed by atoms with Crippen molar-refractivity contribution in [2.75, 3.05) is 6.54 Å². The maximum atomic E-state index is 12.6. The van der Waals surface area contributed by atoms with Crippen LogP contribution < -0.4 is 0 Å². The molecule has 1 aromatic rings. The van der Waals surface area contributed by atoms with Crippen LogP contribution in [0, 0.1) is 19.8 Å². The Morgan fingerprint density at radius 3 is 2.52 bits per heavy atom. The molecule has 9 heteroatoms. The molecule has 1 N–H and O–H groups in total. The summed E-state index contributed by atoms with van der Waals surface area (Å²) >= 11 is 0. The van der Waals surface area contributed by atoms with Crippen LogP contribution in [0.15, 0.2) is 0 Å². The number of carboxylic acid groups (broad SMARTS) is 1. The van der Waals surface area contributed by atoms with Crippen LogP contribution in [0.5, 0.6) is 0 Å². The molecule has 0 radical (unpaired) electrons. The van der Waals surface area contributed by atoms with Gasteiger partial charge in [0, 0.05) is 23.8 Å². The van der Waals surface area contributed by atoms with Crippen molar-refractivity contribution in [3.05, 3.63) is 17.0 Å².